The molecule has 0 fully saturated rings. The zero-order valence-corrected chi connectivity index (χ0v) is 17.5. The van der Waals surface area contributed by atoms with E-state index in [-0.39, 0.29) is 5.91 Å². The summed E-state index contributed by atoms with van der Waals surface area (Å²) in [7, 11) is 0. The first-order valence-corrected chi connectivity index (χ1v) is 11.0. The smallest absolute Gasteiger partial charge is 0.257 e. The maximum Gasteiger partial charge on any atom is 0.257 e. The van der Waals surface area contributed by atoms with Crippen LogP contribution in [0.25, 0.3) is 22.4 Å². The number of aromatic amines is 1. The highest BCUT2D eigenvalue weighted by Crippen LogP contribution is 2.44. The summed E-state index contributed by atoms with van der Waals surface area (Å²) in [4.78, 5) is 22.6. The van der Waals surface area contributed by atoms with Crippen LogP contribution in [-0.2, 0) is 12.8 Å². The summed E-state index contributed by atoms with van der Waals surface area (Å²) < 4.78 is 0.791. The van der Waals surface area contributed by atoms with Gasteiger partial charge in [-0.2, -0.15) is 0 Å². The van der Waals surface area contributed by atoms with Gasteiger partial charge in [0.15, 0.2) is 0 Å². The van der Waals surface area contributed by atoms with E-state index in [2.05, 4.69) is 26.2 Å². The van der Waals surface area contributed by atoms with Gasteiger partial charge in [0.1, 0.15) is 10.8 Å². The second-order valence-electron chi connectivity index (χ2n) is 6.95. The molecule has 1 aliphatic rings. The second-order valence-corrected chi connectivity index (χ2v) is 8.91. The molecule has 0 radical (unpaired) electrons. The van der Waals surface area contributed by atoms with Crippen LogP contribution in [0.1, 0.15) is 33.6 Å². The number of carbonyl (C=O) groups is 1. The minimum absolute atomic E-state index is 0.108. The Bertz CT molecular complexity index is 1160. The SMILES string of the molecule is O=C(Nc1sc2c(c1-c1nc3ccccc3[nH]1)CCCC2)c1ccccc1Br. The number of hydrogen-bond donors (Lipinski definition) is 2. The highest BCUT2D eigenvalue weighted by molar-refractivity contribution is 9.10. The topological polar surface area (TPSA) is 57.8 Å². The van der Waals surface area contributed by atoms with E-state index in [4.69, 9.17) is 4.98 Å². The van der Waals surface area contributed by atoms with Crippen LogP contribution in [0, 0.1) is 0 Å². The molecule has 0 spiro atoms. The number of thiophene rings is 1. The molecule has 140 valence electrons. The molecule has 2 heterocycles. The quantitative estimate of drug-likeness (QED) is 0.390. The van der Waals surface area contributed by atoms with Gasteiger partial charge in [0.25, 0.3) is 5.91 Å². The molecule has 2 N–H and O–H groups in total. The van der Waals surface area contributed by atoms with E-state index < -0.39 is 0 Å². The molecule has 6 heteroatoms. The Labute approximate surface area is 175 Å². The molecule has 1 amide bonds. The van der Waals surface area contributed by atoms with Gasteiger partial charge < -0.3 is 10.3 Å². The lowest BCUT2D eigenvalue weighted by molar-refractivity contribution is 0.102. The van der Waals surface area contributed by atoms with Crippen molar-refractivity contribution >= 4 is 49.2 Å². The number of imidazole rings is 1. The number of amides is 1. The number of aromatic nitrogens is 2. The summed E-state index contributed by atoms with van der Waals surface area (Å²) >= 11 is 5.17. The summed E-state index contributed by atoms with van der Waals surface area (Å²) in [6.07, 6.45) is 4.47. The molecule has 4 aromatic rings. The van der Waals surface area contributed by atoms with Gasteiger partial charge in [0.05, 0.1) is 22.2 Å². The molecule has 0 saturated carbocycles. The second kappa shape index (κ2) is 7.18. The lowest BCUT2D eigenvalue weighted by atomic mass is 9.95. The van der Waals surface area contributed by atoms with Crippen molar-refractivity contribution in [3.63, 3.8) is 0 Å². The molecule has 28 heavy (non-hydrogen) atoms. The highest BCUT2D eigenvalue weighted by Gasteiger charge is 2.25. The van der Waals surface area contributed by atoms with E-state index in [0.717, 1.165) is 44.7 Å². The van der Waals surface area contributed by atoms with Crippen LogP contribution in [0.3, 0.4) is 0 Å². The van der Waals surface area contributed by atoms with Crippen molar-refractivity contribution in [2.24, 2.45) is 0 Å². The van der Waals surface area contributed by atoms with Crippen molar-refractivity contribution in [3.05, 3.63) is 69.0 Å². The third-order valence-corrected chi connectivity index (χ3v) is 7.04. The first kappa shape index (κ1) is 17.6. The molecule has 4 nitrogen and oxygen atoms in total. The summed E-state index contributed by atoms with van der Waals surface area (Å²) in [5.74, 6) is 0.728. The number of nitrogens with one attached hydrogen (secondary N) is 2. The van der Waals surface area contributed by atoms with Crippen LogP contribution in [0.15, 0.2) is 53.0 Å². The number of hydrogen-bond acceptors (Lipinski definition) is 3. The van der Waals surface area contributed by atoms with Gasteiger partial charge in [-0.05, 0) is 71.4 Å². The van der Waals surface area contributed by atoms with E-state index >= 15 is 0 Å². The molecular weight excluding hydrogens is 434 g/mol. The Morgan fingerprint density at radius 1 is 1.07 bits per heavy atom. The number of carbonyl (C=O) groups excluding carboxylic acids is 1. The summed E-state index contributed by atoms with van der Waals surface area (Å²) in [5, 5.41) is 4.04. The Morgan fingerprint density at radius 2 is 1.86 bits per heavy atom. The largest absolute Gasteiger partial charge is 0.338 e. The summed E-state index contributed by atoms with van der Waals surface area (Å²) in [6.45, 7) is 0. The van der Waals surface area contributed by atoms with Crippen molar-refractivity contribution in [1.29, 1.82) is 0 Å². The minimum atomic E-state index is -0.108. The van der Waals surface area contributed by atoms with Crippen LogP contribution in [0.5, 0.6) is 0 Å². The number of benzene rings is 2. The number of nitrogens with zero attached hydrogens (tertiary/aromatic N) is 1. The molecule has 0 aliphatic heterocycles. The van der Waals surface area contributed by atoms with Gasteiger partial charge in [-0.3, -0.25) is 4.79 Å². The first-order chi connectivity index (χ1) is 13.7. The number of para-hydroxylation sites is 2. The van der Waals surface area contributed by atoms with Gasteiger partial charge in [-0.1, -0.05) is 24.3 Å². The Hall–Kier alpha value is -2.44. The minimum Gasteiger partial charge on any atom is -0.338 e. The zero-order valence-electron chi connectivity index (χ0n) is 15.1. The third kappa shape index (κ3) is 3.06. The van der Waals surface area contributed by atoms with Crippen LogP contribution < -0.4 is 5.32 Å². The third-order valence-electron chi connectivity index (χ3n) is 5.14. The van der Waals surface area contributed by atoms with Crippen LogP contribution in [0.2, 0.25) is 0 Å². The first-order valence-electron chi connectivity index (χ1n) is 9.36. The van der Waals surface area contributed by atoms with Gasteiger partial charge in [-0.25, -0.2) is 4.98 Å². The Morgan fingerprint density at radius 3 is 2.71 bits per heavy atom. The summed E-state index contributed by atoms with van der Waals surface area (Å²) in [6, 6.07) is 15.5. The van der Waals surface area contributed by atoms with Crippen LogP contribution in [0.4, 0.5) is 5.00 Å². The van der Waals surface area contributed by atoms with Crippen molar-refractivity contribution in [1.82, 2.24) is 9.97 Å². The normalized spacial score (nSPS) is 13.5. The lowest BCUT2D eigenvalue weighted by Gasteiger charge is -2.12. The fraction of sp³-hybridized carbons (Fsp3) is 0.182. The van der Waals surface area contributed by atoms with Crippen molar-refractivity contribution in [3.8, 4) is 11.4 Å². The predicted molar refractivity (Wildman–Crippen MR) is 118 cm³/mol. The molecule has 0 bridgehead atoms. The van der Waals surface area contributed by atoms with E-state index in [9.17, 15) is 4.79 Å². The van der Waals surface area contributed by atoms with Gasteiger partial charge in [-0.15, -0.1) is 11.3 Å². The number of H-pyrrole nitrogens is 1. The van der Waals surface area contributed by atoms with E-state index in [1.807, 2.05) is 48.5 Å². The fourth-order valence-electron chi connectivity index (χ4n) is 3.79. The van der Waals surface area contributed by atoms with Gasteiger partial charge >= 0.3 is 0 Å². The molecule has 0 atom stereocenters. The maximum absolute atomic E-state index is 12.9. The molecule has 5 rings (SSSR count). The molecule has 0 saturated heterocycles. The Kier molecular flexibility index (Phi) is 4.53. The summed E-state index contributed by atoms with van der Waals surface area (Å²) in [5.41, 5.74) is 4.96. The number of halogens is 1. The van der Waals surface area contributed by atoms with Gasteiger partial charge in [0.2, 0.25) is 0 Å². The van der Waals surface area contributed by atoms with Gasteiger partial charge in [0, 0.05) is 9.35 Å². The average molecular weight is 452 g/mol. The number of fused-ring (bicyclic) bond motifs is 2. The van der Waals surface area contributed by atoms with E-state index in [0.29, 0.717) is 5.56 Å². The highest BCUT2D eigenvalue weighted by atomic mass is 79.9. The van der Waals surface area contributed by atoms with E-state index in [1.54, 1.807) is 11.3 Å². The van der Waals surface area contributed by atoms with E-state index in [1.165, 1.54) is 23.3 Å². The molecule has 2 aromatic heterocycles. The number of rotatable bonds is 3. The standard InChI is InChI=1S/C22H18BrN3OS/c23-15-9-3-1-7-13(15)21(27)26-22-19(14-8-2-6-12-18(14)28-22)20-24-16-10-4-5-11-17(16)25-20/h1,3-5,7,9-11H,2,6,8,12H2,(H,24,25)(H,26,27). The number of aryl methyl sites for hydroxylation is 1. The molecule has 2 aromatic carbocycles. The maximum atomic E-state index is 12.9. The van der Waals surface area contributed by atoms with Crippen molar-refractivity contribution in [2.45, 2.75) is 25.7 Å². The fourth-order valence-corrected chi connectivity index (χ4v) is 5.54. The molecule has 0 unspecified atom stereocenters. The van der Waals surface area contributed by atoms with Crippen molar-refractivity contribution in [2.75, 3.05) is 5.32 Å². The Balaban J connectivity index is 1.61. The lowest BCUT2D eigenvalue weighted by Crippen LogP contribution is -2.12. The average Bonchev–Trinajstić information content (AvgIpc) is 3.28. The van der Waals surface area contributed by atoms with Crippen LogP contribution in [-0.4, -0.2) is 15.9 Å². The number of anilines is 1. The molecule has 1 aliphatic carbocycles. The van der Waals surface area contributed by atoms with Crippen LogP contribution >= 0.6 is 27.3 Å². The predicted octanol–water partition coefficient (Wildman–Crippen LogP) is 6.19. The molecular formula is C22H18BrN3OS. The monoisotopic (exact) mass is 451 g/mol. The zero-order chi connectivity index (χ0) is 19.1. The van der Waals surface area contributed by atoms with Crippen molar-refractivity contribution < 1.29 is 4.79 Å².